The molecule has 0 spiro atoms. The highest BCUT2D eigenvalue weighted by molar-refractivity contribution is 5.98. The Morgan fingerprint density at radius 3 is 2.94 bits per heavy atom. The number of carbonyl (C=O) groups excluding carboxylic acids is 1. The largest absolute Gasteiger partial charge is 0.505 e. The zero-order valence-corrected chi connectivity index (χ0v) is 9.31. The zero-order chi connectivity index (χ0) is 11.7. The van der Waals surface area contributed by atoms with Gasteiger partial charge >= 0.3 is 0 Å². The Bertz CT molecular complexity index is 417. The van der Waals surface area contributed by atoms with Crippen molar-refractivity contribution in [1.82, 2.24) is 4.90 Å². The highest BCUT2D eigenvalue weighted by atomic mass is 16.3. The van der Waals surface area contributed by atoms with Crippen LogP contribution in [0.5, 0.6) is 5.75 Å². The van der Waals surface area contributed by atoms with Crippen LogP contribution in [0.25, 0.3) is 0 Å². The minimum Gasteiger partial charge on any atom is -0.505 e. The van der Waals surface area contributed by atoms with Gasteiger partial charge in [0, 0.05) is 12.6 Å². The van der Waals surface area contributed by atoms with E-state index in [1.54, 1.807) is 23.1 Å². The Hall–Kier alpha value is -1.71. The maximum Gasteiger partial charge on any atom is 0.257 e. The van der Waals surface area contributed by atoms with E-state index in [4.69, 9.17) is 5.73 Å². The fourth-order valence-electron chi connectivity index (χ4n) is 2.12. The molecular formula is C12H16N2O2. The normalized spacial score (nSPS) is 20.1. The second kappa shape index (κ2) is 4.04. The standard InChI is InChI=1S/C12H16N2O2/c1-8-4-3-7-14(8)12(16)9-5-2-6-10(13)11(9)15/h2,5-6,8,15H,3-4,7,13H2,1H3. The minimum atomic E-state index is -0.130. The summed E-state index contributed by atoms with van der Waals surface area (Å²) in [5.74, 6) is -0.235. The van der Waals surface area contributed by atoms with Crippen LogP contribution in [0.3, 0.4) is 0 Å². The second-order valence-corrected chi connectivity index (χ2v) is 4.23. The van der Waals surface area contributed by atoms with Crippen molar-refractivity contribution in [2.24, 2.45) is 0 Å². The second-order valence-electron chi connectivity index (χ2n) is 4.23. The molecule has 0 aromatic heterocycles. The van der Waals surface area contributed by atoms with E-state index in [1.807, 2.05) is 6.92 Å². The Balaban J connectivity index is 2.30. The van der Waals surface area contributed by atoms with Crippen LogP contribution >= 0.6 is 0 Å². The molecular weight excluding hydrogens is 204 g/mol. The fourth-order valence-corrected chi connectivity index (χ4v) is 2.12. The van der Waals surface area contributed by atoms with Gasteiger partial charge in [0.25, 0.3) is 5.91 Å². The van der Waals surface area contributed by atoms with E-state index in [0.717, 1.165) is 19.4 Å². The van der Waals surface area contributed by atoms with E-state index in [9.17, 15) is 9.90 Å². The number of nitrogens with zero attached hydrogens (tertiary/aromatic N) is 1. The number of nitrogens with two attached hydrogens (primary N) is 1. The molecule has 1 saturated heterocycles. The smallest absolute Gasteiger partial charge is 0.257 e. The first-order chi connectivity index (χ1) is 7.61. The van der Waals surface area contributed by atoms with Crippen molar-refractivity contribution in [2.75, 3.05) is 12.3 Å². The summed E-state index contributed by atoms with van der Waals surface area (Å²) in [6.07, 6.45) is 2.05. The van der Waals surface area contributed by atoms with Crippen LogP contribution in [0.15, 0.2) is 18.2 Å². The lowest BCUT2D eigenvalue weighted by Crippen LogP contribution is -2.33. The quantitative estimate of drug-likeness (QED) is 0.558. The average Bonchev–Trinajstić information content (AvgIpc) is 2.68. The minimum absolute atomic E-state index is 0.105. The van der Waals surface area contributed by atoms with Crippen molar-refractivity contribution >= 4 is 11.6 Å². The first-order valence-corrected chi connectivity index (χ1v) is 5.49. The van der Waals surface area contributed by atoms with E-state index in [-0.39, 0.29) is 23.4 Å². The monoisotopic (exact) mass is 220 g/mol. The van der Waals surface area contributed by atoms with Gasteiger partial charge in [-0.2, -0.15) is 0 Å². The molecule has 1 aliphatic heterocycles. The molecule has 4 nitrogen and oxygen atoms in total. The number of phenolic OH excluding ortho intramolecular Hbond substituents is 1. The maximum absolute atomic E-state index is 12.1. The van der Waals surface area contributed by atoms with Crippen LogP contribution in [0.2, 0.25) is 0 Å². The number of hydrogen-bond donors (Lipinski definition) is 2. The number of phenols is 1. The van der Waals surface area contributed by atoms with Gasteiger partial charge in [0.1, 0.15) is 0 Å². The summed E-state index contributed by atoms with van der Waals surface area (Å²) in [4.78, 5) is 13.9. The Morgan fingerprint density at radius 1 is 1.56 bits per heavy atom. The number of para-hydroxylation sites is 1. The predicted molar refractivity (Wildman–Crippen MR) is 62.3 cm³/mol. The SMILES string of the molecule is CC1CCCN1C(=O)c1cccc(N)c1O. The molecule has 3 N–H and O–H groups in total. The lowest BCUT2D eigenvalue weighted by Gasteiger charge is -2.22. The number of carbonyl (C=O) groups is 1. The van der Waals surface area contributed by atoms with Crippen molar-refractivity contribution in [3.63, 3.8) is 0 Å². The Labute approximate surface area is 94.7 Å². The molecule has 2 rings (SSSR count). The number of benzene rings is 1. The lowest BCUT2D eigenvalue weighted by molar-refractivity contribution is 0.0744. The van der Waals surface area contributed by atoms with E-state index >= 15 is 0 Å². The number of rotatable bonds is 1. The van der Waals surface area contributed by atoms with E-state index in [1.165, 1.54) is 0 Å². The first-order valence-electron chi connectivity index (χ1n) is 5.49. The summed E-state index contributed by atoms with van der Waals surface area (Å²) in [5, 5.41) is 9.74. The van der Waals surface area contributed by atoms with Gasteiger partial charge in [-0.05, 0) is 31.9 Å². The summed E-state index contributed by atoms with van der Waals surface area (Å²) < 4.78 is 0. The van der Waals surface area contributed by atoms with Crippen molar-refractivity contribution in [2.45, 2.75) is 25.8 Å². The third-order valence-electron chi connectivity index (χ3n) is 3.11. The molecule has 86 valence electrons. The summed E-state index contributed by atoms with van der Waals surface area (Å²) in [7, 11) is 0. The molecule has 1 fully saturated rings. The maximum atomic E-state index is 12.1. The van der Waals surface area contributed by atoms with E-state index < -0.39 is 0 Å². The van der Waals surface area contributed by atoms with Gasteiger partial charge in [-0.1, -0.05) is 6.07 Å². The first kappa shape index (κ1) is 10.8. The molecule has 0 aliphatic carbocycles. The molecule has 0 radical (unpaired) electrons. The summed E-state index contributed by atoms with van der Waals surface area (Å²) in [6, 6.07) is 5.12. The Kier molecular flexibility index (Phi) is 2.73. The average molecular weight is 220 g/mol. The fraction of sp³-hybridized carbons (Fsp3) is 0.417. The van der Waals surface area contributed by atoms with Gasteiger partial charge in [-0.25, -0.2) is 0 Å². The number of nitrogen functional groups attached to an aromatic ring is 1. The topological polar surface area (TPSA) is 66.6 Å². The molecule has 1 aromatic carbocycles. The number of aromatic hydroxyl groups is 1. The molecule has 1 aliphatic rings. The lowest BCUT2D eigenvalue weighted by atomic mass is 10.1. The van der Waals surface area contributed by atoms with Crippen molar-refractivity contribution in [3.05, 3.63) is 23.8 Å². The number of hydrogen-bond acceptors (Lipinski definition) is 3. The van der Waals surface area contributed by atoms with Gasteiger partial charge in [0.2, 0.25) is 0 Å². The highest BCUT2D eigenvalue weighted by Crippen LogP contribution is 2.28. The highest BCUT2D eigenvalue weighted by Gasteiger charge is 2.27. The molecule has 1 atom stereocenters. The van der Waals surface area contributed by atoms with Gasteiger partial charge < -0.3 is 15.7 Å². The van der Waals surface area contributed by atoms with Crippen LogP contribution in [0, 0.1) is 0 Å². The van der Waals surface area contributed by atoms with Crippen LogP contribution < -0.4 is 5.73 Å². The van der Waals surface area contributed by atoms with Gasteiger partial charge in [0.15, 0.2) is 5.75 Å². The van der Waals surface area contributed by atoms with Crippen molar-refractivity contribution in [3.8, 4) is 5.75 Å². The van der Waals surface area contributed by atoms with Crippen molar-refractivity contribution in [1.29, 1.82) is 0 Å². The third kappa shape index (κ3) is 1.71. The molecule has 1 amide bonds. The molecule has 0 bridgehead atoms. The molecule has 1 aromatic rings. The summed E-state index contributed by atoms with van der Waals surface area (Å²) in [6.45, 7) is 2.78. The van der Waals surface area contributed by atoms with E-state index in [2.05, 4.69) is 0 Å². The zero-order valence-electron chi connectivity index (χ0n) is 9.31. The number of anilines is 1. The molecule has 1 heterocycles. The van der Waals surface area contributed by atoms with E-state index in [0.29, 0.717) is 5.56 Å². The van der Waals surface area contributed by atoms with Gasteiger partial charge in [-0.3, -0.25) is 4.79 Å². The number of amides is 1. The van der Waals surface area contributed by atoms with Gasteiger partial charge in [0.05, 0.1) is 11.3 Å². The van der Waals surface area contributed by atoms with Gasteiger partial charge in [-0.15, -0.1) is 0 Å². The van der Waals surface area contributed by atoms with Crippen LogP contribution in [0.1, 0.15) is 30.1 Å². The summed E-state index contributed by atoms with van der Waals surface area (Å²) >= 11 is 0. The van der Waals surface area contributed by atoms with Crippen molar-refractivity contribution < 1.29 is 9.90 Å². The predicted octanol–water partition coefficient (Wildman–Crippen LogP) is 1.60. The molecule has 0 saturated carbocycles. The third-order valence-corrected chi connectivity index (χ3v) is 3.11. The van der Waals surface area contributed by atoms with Crippen LogP contribution in [-0.2, 0) is 0 Å². The van der Waals surface area contributed by atoms with Crippen LogP contribution in [-0.4, -0.2) is 28.5 Å². The summed E-state index contributed by atoms with van der Waals surface area (Å²) in [5.41, 5.74) is 6.12. The molecule has 1 unspecified atom stereocenters. The Morgan fingerprint density at radius 2 is 2.31 bits per heavy atom. The molecule has 4 heteroatoms. The molecule has 16 heavy (non-hydrogen) atoms. The van der Waals surface area contributed by atoms with Crippen LogP contribution in [0.4, 0.5) is 5.69 Å². The number of likely N-dealkylation sites (tertiary alicyclic amines) is 1.